The summed E-state index contributed by atoms with van der Waals surface area (Å²) in [5, 5.41) is 2.61. The molecule has 0 saturated heterocycles. The lowest BCUT2D eigenvalue weighted by Crippen LogP contribution is -2.14. The minimum absolute atomic E-state index is 0.0303. The molecule has 0 unspecified atom stereocenters. The largest absolute Gasteiger partial charge is 0.321 e. The Balaban J connectivity index is 2.25. The Morgan fingerprint density at radius 3 is 2.42 bits per heavy atom. The summed E-state index contributed by atoms with van der Waals surface area (Å²) in [5.74, 6) is -1.97. The first-order valence-corrected chi connectivity index (χ1v) is 5.94. The summed E-state index contributed by atoms with van der Waals surface area (Å²) in [4.78, 5) is 11.8. The maximum Gasteiger partial charge on any atom is 0.258 e. The molecular formula is C13H7Cl2F2NO. The molecule has 0 heterocycles. The predicted octanol–water partition coefficient (Wildman–Crippen LogP) is 4.52. The predicted molar refractivity (Wildman–Crippen MR) is 70.8 cm³/mol. The number of benzene rings is 2. The molecule has 0 aliphatic heterocycles. The van der Waals surface area contributed by atoms with Gasteiger partial charge in [0.1, 0.15) is 11.6 Å². The Kier molecular flexibility index (Phi) is 4.02. The van der Waals surface area contributed by atoms with Crippen molar-refractivity contribution in [3.63, 3.8) is 0 Å². The van der Waals surface area contributed by atoms with Crippen molar-refractivity contribution in [3.8, 4) is 0 Å². The summed E-state index contributed by atoms with van der Waals surface area (Å²) in [6.45, 7) is 0. The van der Waals surface area contributed by atoms with Gasteiger partial charge in [-0.2, -0.15) is 0 Å². The van der Waals surface area contributed by atoms with Crippen molar-refractivity contribution in [1.82, 2.24) is 0 Å². The number of amides is 1. The van der Waals surface area contributed by atoms with Crippen molar-refractivity contribution in [3.05, 3.63) is 63.6 Å². The maximum atomic E-state index is 13.5. The average Bonchev–Trinajstić information content (AvgIpc) is 2.32. The molecule has 2 rings (SSSR count). The molecule has 2 aromatic carbocycles. The quantitative estimate of drug-likeness (QED) is 0.868. The zero-order chi connectivity index (χ0) is 14.0. The van der Waals surface area contributed by atoms with Gasteiger partial charge < -0.3 is 5.32 Å². The highest BCUT2D eigenvalue weighted by Gasteiger charge is 2.13. The molecule has 0 bridgehead atoms. The highest BCUT2D eigenvalue weighted by molar-refractivity contribution is 6.34. The van der Waals surface area contributed by atoms with Crippen LogP contribution in [0.1, 0.15) is 10.4 Å². The molecule has 0 aliphatic carbocycles. The monoisotopic (exact) mass is 301 g/mol. The van der Waals surface area contributed by atoms with Crippen LogP contribution < -0.4 is 5.32 Å². The molecule has 0 spiro atoms. The third kappa shape index (κ3) is 3.22. The van der Waals surface area contributed by atoms with Crippen LogP contribution in [-0.4, -0.2) is 5.91 Å². The van der Waals surface area contributed by atoms with Crippen molar-refractivity contribution in [1.29, 1.82) is 0 Å². The van der Waals surface area contributed by atoms with Gasteiger partial charge in [-0.15, -0.1) is 0 Å². The van der Waals surface area contributed by atoms with Gasteiger partial charge in [-0.05, 0) is 36.4 Å². The fourth-order valence-corrected chi connectivity index (χ4v) is 1.83. The standard InChI is InChI=1S/C13H7Cl2F2NO/c14-7-1-3-9(11(17)5-7)13(19)18-12-4-2-8(16)6-10(12)15/h1-6H,(H,18,19). The topological polar surface area (TPSA) is 29.1 Å². The molecule has 6 heteroatoms. The van der Waals surface area contributed by atoms with Crippen LogP contribution in [0, 0.1) is 11.6 Å². The van der Waals surface area contributed by atoms with E-state index in [1.54, 1.807) is 0 Å². The second-order valence-electron chi connectivity index (χ2n) is 3.70. The minimum atomic E-state index is -0.747. The van der Waals surface area contributed by atoms with Gasteiger partial charge in [-0.1, -0.05) is 23.2 Å². The smallest absolute Gasteiger partial charge is 0.258 e. The van der Waals surface area contributed by atoms with E-state index in [0.29, 0.717) is 0 Å². The van der Waals surface area contributed by atoms with Crippen molar-refractivity contribution in [2.75, 3.05) is 5.32 Å². The van der Waals surface area contributed by atoms with E-state index in [-0.39, 0.29) is 21.3 Å². The van der Waals surface area contributed by atoms with Crippen LogP contribution in [-0.2, 0) is 0 Å². The summed E-state index contributed by atoms with van der Waals surface area (Å²) in [5.41, 5.74) is 0.0206. The van der Waals surface area contributed by atoms with E-state index >= 15 is 0 Å². The van der Waals surface area contributed by atoms with Crippen LogP contribution in [0.5, 0.6) is 0 Å². The zero-order valence-electron chi connectivity index (χ0n) is 9.38. The van der Waals surface area contributed by atoms with Gasteiger partial charge in [-0.25, -0.2) is 8.78 Å². The normalized spacial score (nSPS) is 10.3. The summed E-state index contributed by atoms with van der Waals surface area (Å²) in [6.07, 6.45) is 0. The van der Waals surface area contributed by atoms with E-state index < -0.39 is 17.5 Å². The molecule has 2 aromatic rings. The first kappa shape index (κ1) is 13.8. The average molecular weight is 302 g/mol. The lowest BCUT2D eigenvalue weighted by atomic mass is 10.2. The van der Waals surface area contributed by atoms with Crippen LogP contribution in [0.25, 0.3) is 0 Å². The molecule has 0 saturated carbocycles. The number of carbonyl (C=O) groups is 1. The van der Waals surface area contributed by atoms with Gasteiger partial charge in [0.05, 0.1) is 16.3 Å². The summed E-state index contributed by atoms with van der Waals surface area (Å²) < 4.78 is 26.4. The van der Waals surface area contributed by atoms with Crippen LogP contribution >= 0.6 is 23.2 Å². The SMILES string of the molecule is O=C(Nc1ccc(F)cc1Cl)c1ccc(Cl)cc1F. The number of nitrogens with one attached hydrogen (secondary N) is 1. The molecule has 1 N–H and O–H groups in total. The van der Waals surface area contributed by atoms with Gasteiger partial charge in [0, 0.05) is 5.02 Å². The molecular weight excluding hydrogens is 295 g/mol. The first-order chi connectivity index (χ1) is 8.97. The fourth-order valence-electron chi connectivity index (χ4n) is 1.45. The van der Waals surface area contributed by atoms with E-state index in [9.17, 15) is 13.6 Å². The maximum absolute atomic E-state index is 13.5. The number of anilines is 1. The van der Waals surface area contributed by atoms with Gasteiger partial charge in [0.15, 0.2) is 0 Å². The van der Waals surface area contributed by atoms with E-state index in [1.165, 1.54) is 18.2 Å². The van der Waals surface area contributed by atoms with Gasteiger partial charge in [0.2, 0.25) is 0 Å². The van der Waals surface area contributed by atoms with Crippen molar-refractivity contribution < 1.29 is 13.6 Å². The Morgan fingerprint density at radius 2 is 1.79 bits per heavy atom. The van der Waals surface area contributed by atoms with Crippen LogP contribution in [0.4, 0.5) is 14.5 Å². The molecule has 0 aromatic heterocycles. The third-order valence-corrected chi connectivity index (χ3v) is 2.90. The summed E-state index contributed by atoms with van der Waals surface area (Å²) in [6, 6.07) is 7.16. The first-order valence-electron chi connectivity index (χ1n) is 5.19. The molecule has 98 valence electrons. The number of hydrogen-bond donors (Lipinski definition) is 1. The van der Waals surface area contributed by atoms with Gasteiger partial charge in [0.25, 0.3) is 5.91 Å². The van der Waals surface area contributed by atoms with E-state index in [1.807, 2.05) is 0 Å². The van der Waals surface area contributed by atoms with Gasteiger partial charge in [-0.3, -0.25) is 4.79 Å². The molecule has 1 amide bonds. The molecule has 19 heavy (non-hydrogen) atoms. The van der Waals surface area contributed by atoms with Crippen molar-refractivity contribution in [2.45, 2.75) is 0 Å². The Hall–Kier alpha value is -1.65. The molecule has 0 aliphatic rings. The van der Waals surface area contributed by atoms with Crippen LogP contribution in [0.3, 0.4) is 0 Å². The lowest BCUT2D eigenvalue weighted by Gasteiger charge is -2.08. The summed E-state index contributed by atoms with van der Waals surface area (Å²) >= 11 is 11.3. The molecule has 0 atom stereocenters. The Bertz CT molecular complexity index is 647. The number of hydrogen-bond acceptors (Lipinski definition) is 1. The Labute approximate surface area is 118 Å². The second kappa shape index (κ2) is 5.55. The van der Waals surface area contributed by atoms with E-state index in [2.05, 4.69) is 5.32 Å². The van der Waals surface area contributed by atoms with E-state index in [4.69, 9.17) is 23.2 Å². The van der Waals surface area contributed by atoms with Crippen molar-refractivity contribution in [2.24, 2.45) is 0 Å². The van der Waals surface area contributed by atoms with E-state index in [0.717, 1.165) is 18.2 Å². The van der Waals surface area contributed by atoms with Gasteiger partial charge >= 0.3 is 0 Å². The highest BCUT2D eigenvalue weighted by atomic mass is 35.5. The molecule has 2 nitrogen and oxygen atoms in total. The minimum Gasteiger partial charge on any atom is -0.321 e. The second-order valence-corrected chi connectivity index (χ2v) is 4.55. The lowest BCUT2D eigenvalue weighted by molar-refractivity contribution is 0.102. The number of carbonyl (C=O) groups excluding carboxylic acids is 1. The fraction of sp³-hybridized carbons (Fsp3) is 0. The number of halogens is 4. The highest BCUT2D eigenvalue weighted by Crippen LogP contribution is 2.23. The third-order valence-electron chi connectivity index (χ3n) is 2.36. The van der Waals surface area contributed by atoms with Crippen molar-refractivity contribution >= 4 is 34.8 Å². The van der Waals surface area contributed by atoms with Crippen LogP contribution in [0.2, 0.25) is 10.0 Å². The molecule has 0 radical (unpaired) electrons. The number of rotatable bonds is 2. The zero-order valence-corrected chi connectivity index (χ0v) is 10.9. The Morgan fingerprint density at radius 1 is 1.05 bits per heavy atom. The van der Waals surface area contributed by atoms with Crippen LogP contribution in [0.15, 0.2) is 36.4 Å². The molecule has 0 fully saturated rings. The summed E-state index contributed by atoms with van der Waals surface area (Å²) in [7, 11) is 0.